The maximum absolute atomic E-state index is 5.84. The fourth-order valence-corrected chi connectivity index (χ4v) is 2.18. The fourth-order valence-electron chi connectivity index (χ4n) is 1.46. The zero-order valence-electron chi connectivity index (χ0n) is 14.4. The van der Waals surface area contributed by atoms with E-state index >= 15 is 0 Å². The third-order valence-corrected chi connectivity index (χ3v) is 4.28. The van der Waals surface area contributed by atoms with Gasteiger partial charge in [0.1, 0.15) is 12.4 Å². The second-order valence-corrected chi connectivity index (χ2v) is 7.50. The van der Waals surface area contributed by atoms with Crippen molar-refractivity contribution in [2.45, 2.75) is 26.3 Å². The molecule has 1 rings (SSSR count). The molecule has 23 heavy (non-hydrogen) atoms. The highest BCUT2D eigenvalue weighted by Crippen LogP contribution is 2.19. The molecule has 1 aromatic rings. The van der Waals surface area contributed by atoms with Crippen LogP contribution in [-0.2, 0) is 0 Å². The van der Waals surface area contributed by atoms with Crippen LogP contribution in [0.25, 0.3) is 0 Å². The number of amidine groups is 1. The van der Waals surface area contributed by atoms with E-state index in [1.165, 1.54) is 11.8 Å². The summed E-state index contributed by atoms with van der Waals surface area (Å²) in [7, 11) is 4.08. The number of anilines is 1. The van der Waals surface area contributed by atoms with Crippen LogP contribution < -0.4 is 15.8 Å². The Bertz CT molecular complexity index is 542. The van der Waals surface area contributed by atoms with E-state index < -0.39 is 0 Å². The predicted octanol–water partition coefficient (Wildman–Crippen LogP) is 3.17. The van der Waals surface area contributed by atoms with Crippen LogP contribution in [0.4, 0.5) is 5.69 Å². The van der Waals surface area contributed by atoms with Crippen molar-refractivity contribution in [2.75, 3.05) is 31.8 Å². The fraction of sp³-hybridized carbons (Fsp3) is 0.500. The Morgan fingerprint density at radius 3 is 2.48 bits per heavy atom. The van der Waals surface area contributed by atoms with Crippen LogP contribution in [0.1, 0.15) is 20.8 Å². The first-order chi connectivity index (χ1) is 10.7. The smallest absolute Gasteiger partial charge is 0.199 e. The minimum Gasteiger partial charge on any atom is -0.492 e. The van der Waals surface area contributed by atoms with Gasteiger partial charge in [0.05, 0.1) is 0 Å². The highest BCUT2D eigenvalue weighted by Gasteiger charge is 2.21. The maximum atomic E-state index is 5.84. The molecular weight excluding hydrogens is 328 g/mol. The molecule has 0 atom stereocenters. The third-order valence-electron chi connectivity index (χ3n) is 3.41. The lowest BCUT2D eigenvalue weighted by Crippen LogP contribution is -2.43. The van der Waals surface area contributed by atoms with Crippen molar-refractivity contribution in [3.63, 3.8) is 0 Å². The molecule has 3 N–H and O–H groups in total. The average molecular weight is 355 g/mol. The summed E-state index contributed by atoms with van der Waals surface area (Å²) < 4.78 is 5.84. The number of hydrogen-bond donors (Lipinski definition) is 2. The van der Waals surface area contributed by atoms with Crippen LogP contribution in [0.5, 0.6) is 5.75 Å². The van der Waals surface area contributed by atoms with Gasteiger partial charge in [-0.25, -0.2) is 0 Å². The third kappa shape index (κ3) is 7.20. The van der Waals surface area contributed by atoms with Crippen molar-refractivity contribution in [3.8, 4) is 5.75 Å². The summed E-state index contributed by atoms with van der Waals surface area (Å²) in [5.74, 6) is 1.69. The molecule has 1 aromatic carbocycles. The molecule has 0 radical (unpaired) electrons. The zero-order valence-corrected chi connectivity index (χ0v) is 16.1. The second-order valence-electron chi connectivity index (χ2n) is 5.83. The van der Waals surface area contributed by atoms with Crippen molar-refractivity contribution in [1.82, 2.24) is 4.90 Å². The van der Waals surface area contributed by atoms with Crippen molar-refractivity contribution >= 4 is 39.9 Å². The molecule has 0 saturated heterocycles. The Morgan fingerprint density at radius 1 is 1.35 bits per heavy atom. The number of benzene rings is 1. The molecule has 0 bridgehead atoms. The molecule has 0 fully saturated rings. The minimum atomic E-state index is -0.0261. The molecule has 0 unspecified atom stereocenters. The van der Waals surface area contributed by atoms with E-state index in [1.807, 2.05) is 45.3 Å². The standard InChI is InChI=1S/C16H26N4OS2/c1-6-23-14(17)19-15(22)18-12-7-9-13(10-8-12)21-11-16(2,3)20(4)5/h7-10H,6,11H2,1-5H3,(H3,17,18,19,22). The van der Waals surface area contributed by atoms with E-state index in [-0.39, 0.29) is 5.54 Å². The molecule has 0 heterocycles. The lowest BCUT2D eigenvalue weighted by molar-refractivity contribution is 0.114. The SMILES string of the molecule is CCS/C(N)=N/C(=S)Nc1ccc(OCC(C)(C)N(C)C)cc1. The van der Waals surface area contributed by atoms with Crippen molar-refractivity contribution < 1.29 is 4.74 Å². The highest BCUT2D eigenvalue weighted by atomic mass is 32.2. The van der Waals surface area contributed by atoms with Crippen LogP contribution in [0.3, 0.4) is 0 Å². The molecule has 0 spiro atoms. The molecule has 0 saturated carbocycles. The monoisotopic (exact) mass is 354 g/mol. The van der Waals surface area contributed by atoms with Gasteiger partial charge in [-0.15, -0.1) is 0 Å². The molecule has 0 aromatic heterocycles. The van der Waals surface area contributed by atoms with Crippen LogP contribution in [0, 0.1) is 0 Å². The number of aliphatic imine (C=N–C) groups is 1. The van der Waals surface area contributed by atoms with E-state index in [2.05, 4.69) is 29.1 Å². The number of thiocarbonyl (C=S) groups is 1. The molecule has 7 heteroatoms. The van der Waals surface area contributed by atoms with Gasteiger partial charge in [0, 0.05) is 11.2 Å². The number of nitrogens with zero attached hydrogens (tertiary/aromatic N) is 2. The van der Waals surface area contributed by atoms with E-state index in [1.54, 1.807) is 0 Å². The lowest BCUT2D eigenvalue weighted by Gasteiger charge is -2.32. The van der Waals surface area contributed by atoms with E-state index in [9.17, 15) is 0 Å². The Balaban J connectivity index is 2.57. The Kier molecular flexibility index (Phi) is 7.81. The summed E-state index contributed by atoms with van der Waals surface area (Å²) in [5.41, 5.74) is 6.56. The van der Waals surface area contributed by atoms with Gasteiger partial charge in [-0.1, -0.05) is 18.7 Å². The summed E-state index contributed by atoms with van der Waals surface area (Å²) >= 11 is 6.62. The zero-order chi connectivity index (χ0) is 17.5. The van der Waals surface area contributed by atoms with Crippen molar-refractivity contribution in [3.05, 3.63) is 24.3 Å². The number of nitrogens with two attached hydrogens (primary N) is 1. The van der Waals surface area contributed by atoms with Gasteiger partial charge in [0.25, 0.3) is 0 Å². The van der Waals surface area contributed by atoms with Gasteiger partial charge in [0.15, 0.2) is 10.3 Å². The number of nitrogens with one attached hydrogen (secondary N) is 1. The quantitative estimate of drug-likeness (QED) is 0.465. The maximum Gasteiger partial charge on any atom is 0.199 e. The van der Waals surface area contributed by atoms with Crippen LogP contribution >= 0.6 is 24.0 Å². The number of likely N-dealkylation sites (N-methyl/N-ethyl adjacent to an activating group) is 1. The molecule has 5 nitrogen and oxygen atoms in total. The van der Waals surface area contributed by atoms with E-state index in [0.29, 0.717) is 16.9 Å². The normalized spacial score (nSPS) is 12.3. The highest BCUT2D eigenvalue weighted by molar-refractivity contribution is 8.13. The van der Waals surface area contributed by atoms with Crippen molar-refractivity contribution in [2.24, 2.45) is 10.7 Å². The first-order valence-corrected chi connectivity index (χ1v) is 8.82. The average Bonchev–Trinajstić information content (AvgIpc) is 2.46. The molecular formula is C16H26N4OS2. The largest absolute Gasteiger partial charge is 0.492 e. The van der Waals surface area contributed by atoms with Gasteiger partial charge < -0.3 is 20.7 Å². The van der Waals surface area contributed by atoms with Crippen molar-refractivity contribution in [1.29, 1.82) is 0 Å². The first-order valence-electron chi connectivity index (χ1n) is 7.43. The lowest BCUT2D eigenvalue weighted by atomic mass is 10.1. The van der Waals surface area contributed by atoms with E-state index in [4.69, 9.17) is 22.7 Å². The summed E-state index contributed by atoms with van der Waals surface area (Å²) in [6.45, 7) is 6.90. The van der Waals surface area contributed by atoms with Crippen LogP contribution in [-0.4, -0.2) is 47.2 Å². The minimum absolute atomic E-state index is 0.0261. The summed E-state index contributed by atoms with van der Waals surface area (Å²) in [5, 5.41) is 3.86. The van der Waals surface area contributed by atoms with Gasteiger partial charge >= 0.3 is 0 Å². The summed E-state index contributed by atoms with van der Waals surface area (Å²) in [6, 6.07) is 7.63. The van der Waals surface area contributed by atoms with E-state index in [0.717, 1.165) is 17.2 Å². The summed E-state index contributed by atoms with van der Waals surface area (Å²) in [6.07, 6.45) is 0. The van der Waals surface area contributed by atoms with Gasteiger partial charge in [-0.2, -0.15) is 4.99 Å². The second kappa shape index (κ2) is 9.10. The molecule has 0 aliphatic rings. The molecule has 0 aliphatic carbocycles. The number of hydrogen-bond acceptors (Lipinski definition) is 4. The van der Waals surface area contributed by atoms with Gasteiger partial charge in [-0.05, 0) is 70.2 Å². The van der Waals surface area contributed by atoms with Gasteiger partial charge in [0.2, 0.25) is 0 Å². The molecule has 128 valence electrons. The van der Waals surface area contributed by atoms with Gasteiger partial charge in [-0.3, -0.25) is 0 Å². The molecule has 0 aliphatic heterocycles. The Morgan fingerprint density at radius 2 is 1.96 bits per heavy atom. The molecule has 0 amide bonds. The number of ether oxygens (including phenoxy) is 1. The summed E-state index contributed by atoms with van der Waals surface area (Å²) in [4.78, 5) is 6.25. The number of rotatable bonds is 6. The Labute approximate surface area is 148 Å². The first kappa shape index (κ1) is 19.7. The predicted molar refractivity (Wildman–Crippen MR) is 106 cm³/mol. The van der Waals surface area contributed by atoms with Crippen LogP contribution in [0.2, 0.25) is 0 Å². The topological polar surface area (TPSA) is 62.9 Å². The Hall–Kier alpha value is -1.31. The van der Waals surface area contributed by atoms with Crippen LogP contribution in [0.15, 0.2) is 29.3 Å². The number of thioether (sulfide) groups is 1.